The van der Waals surface area contributed by atoms with Crippen molar-refractivity contribution in [2.75, 3.05) is 26.2 Å². The minimum absolute atomic E-state index is 0.0211. The molecule has 132 valence electrons. The minimum atomic E-state index is -0.130. The van der Waals surface area contributed by atoms with Crippen molar-refractivity contribution in [3.8, 4) is 11.5 Å². The quantitative estimate of drug-likeness (QED) is 0.722. The van der Waals surface area contributed by atoms with Crippen LogP contribution in [-0.4, -0.2) is 33.0 Å². The van der Waals surface area contributed by atoms with E-state index in [0.717, 1.165) is 5.56 Å². The first-order valence-corrected chi connectivity index (χ1v) is 8.05. The van der Waals surface area contributed by atoms with Crippen LogP contribution in [0.2, 0.25) is 0 Å². The van der Waals surface area contributed by atoms with Gasteiger partial charge in [-0.15, -0.1) is 0 Å². The second-order valence-corrected chi connectivity index (χ2v) is 5.73. The maximum atomic E-state index is 12.4. The number of ketones is 1. The van der Waals surface area contributed by atoms with Gasteiger partial charge in [-0.2, -0.15) is 0 Å². The molecule has 0 saturated carbocycles. The Hall–Kier alpha value is -2.82. The van der Waals surface area contributed by atoms with E-state index in [1.807, 2.05) is 25.1 Å². The molecule has 0 saturated heterocycles. The first-order chi connectivity index (χ1) is 12.0. The van der Waals surface area contributed by atoms with Crippen LogP contribution in [0.3, 0.4) is 0 Å². The molecular formula is C20H23NO4. The van der Waals surface area contributed by atoms with Gasteiger partial charge in [0.15, 0.2) is 17.3 Å². The molecule has 0 aliphatic rings. The first kappa shape index (κ1) is 18.5. The fourth-order valence-corrected chi connectivity index (χ4v) is 2.59. The van der Waals surface area contributed by atoms with Crippen LogP contribution in [0, 0.1) is 6.92 Å². The van der Waals surface area contributed by atoms with Crippen molar-refractivity contribution in [2.24, 2.45) is 0 Å². The summed E-state index contributed by atoms with van der Waals surface area (Å²) in [7, 11) is 4.79. The van der Waals surface area contributed by atoms with Crippen molar-refractivity contribution in [3.63, 3.8) is 0 Å². The number of ether oxygens (including phenoxy) is 2. The molecule has 0 heterocycles. The van der Waals surface area contributed by atoms with Crippen LogP contribution in [0.4, 0.5) is 5.69 Å². The van der Waals surface area contributed by atoms with Crippen LogP contribution >= 0.6 is 0 Å². The second kappa shape index (κ2) is 8.33. The number of hydrogen-bond acceptors (Lipinski definition) is 4. The summed E-state index contributed by atoms with van der Waals surface area (Å²) in [6.45, 7) is 1.89. The van der Waals surface area contributed by atoms with E-state index in [2.05, 4.69) is 0 Å². The predicted molar refractivity (Wildman–Crippen MR) is 97.7 cm³/mol. The molecule has 0 spiro atoms. The molecule has 0 aliphatic carbocycles. The lowest BCUT2D eigenvalue weighted by atomic mass is 10.0. The van der Waals surface area contributed by atoms with E-state index in [1.54, 1.807) is 45.5 Å². The number of nitrogens with zero attached hydrogens (tertiary/aromatic N) is 1. The zero-order chi connectivity index (χ0) is 18.4. The molecule has 5 heteroatoms. The Balaban J connectivity index is 2.03. The number of hydrogen-bond donors (Lipinski definition) is 0. The average molecular weight is 341 g/mol. The van der Waals surface area contributed by atoms with Crippen molar-refractivity contribution in [2.45, 2.75) is 19.8 Å². The summed E-state index contributed by atoms with van der Waals surface area (Å²) >= 11 is 0. The molecule has 1 amide bonds. The van der Waals surface area contributed by atoms with Crippen molar-refractivity contribution < 1.29 is 19.1 Å². The van der Waals surface area contributed by atoms with Crippen molar-refractivity contribution in [1.29, 1.82) is 0 Å². The van der Waals surface area contributed by atoms with E-state index in [0.29, 0.717) is 22.7 Å². The first-order valence-electron chi connectivity index (χ1n) is 8.05. The largest absolute Gasteiger partial charge is 0.493 e. The van der Waals surface area contributed by atoms with E-state index in [4.69, 9.17) is 9.47 Å². The number of amides is 1. The summed E-state index contributed by atoms with van der Waals surface area (Å²) in [6.07, 6.45) is 0.333. The fourth-order valence-electron chi connectivity index (χ4n) is 2.59. The van der Waals surface area contributed by atoms with Gasteiger partial charge in [0.25, 0.3) is 0 Å². The van der Waals surface area contributed by atoms with Gasteiger partial charge in [-0.3, -0.25) is 9.59 Å². The van der Waals surface area contributed by atoms with Gasteiger partial charge in [0.05, 0.1) is 14.2 Å². The molecule has 0 atom stereocenters. The topological polar surface area (TPSA) is 55.8 Å². The van der Waals surface area contributed by atoms with Crippen molar-refractivity contribution >= 4 is 17.4 Å². The van der Waals surface area contributed by atoms with Gasteiger partial charge in [0.1, 0.15) is 0 Å². The number of methoxy groups -OCH3 is 2. The molecule has 0 N–H and O–H groups in total. The van der Waals surface area contributed by atoms with Crippen LogP contribution in [-0.2, 0) is 4.79 Å². The lowest BCUT2D eigenvalue weighted by molar-refractivity contribution is -0.118. The maximum absolute atomic E-state index is 12.4. The number of aryl methyl sites for hydroxylation is 1. The molecule has 25 heavy (non-hydrogen) atoms. The van der Waals surface area contributed by atoms with Gasteiger partial charge < -0.3 is 14.4 Å². The Labute approximate surface area is 148 Å². The lowest BCUT2D eigenvalue weighted by Gasteiger charge is -2.19. The number of rotatable bonds is 7. The predicted octanol–water partition coefficient (Wildman–Crippen LogP) is 3.64. The third-order valence-corrected chi connectivity index (χ3v) is 4.14. The maximum Gasteiger partial charge on any atom is 0.227 e. The van der Waals surface area contributed by atoms with E-state index >= 15 is 0 Å². The van der Waals surface area contributed by atoms with Gasteiger partial charge in [-0.05, 0) is 24.6 Å². The van der Waals surface area contributed by atoms with E-state index in [9.17, 15) is 9.59 Å². The Morgan fingerprint density at radius 3 is 2.28 bits per heavy atom. The van der Waals surface area contributed by atoms with E-state index in [-0.39, 0.29) is 24.5 Å². The number of benzene rings is 2. The molecular weight excluding hydrogens is 318 g/mol. The lowest BCUT2D eigenvalue weighted by Crippen LogP contribution is -2.26. The SMILES string of the molecule is COc1ccc(N(C)C(=O)CCC(=O)c2ccccc2C)cc1OC. The highest BCUT2D eigenvalue weighted by Crippen LogP contribution is 2.31. The third-order valence-electron chi connectivity index (χ3n) is 4.14. The monoisotopic (exact) mass is 341 g/mol. The van der Waals surface area contributed by atoms with Crippen molar-refractivity contribution in [1.82, 2.24) is 0 Å². The fraction of sp³-hybridized carbons (Fsp3) is 0.300. The third kappa shape index (κ3) is 4.38. The van der Waals surface area contributed by atoms with Gasteiger partial charge in [-0.25, -0.2) is 0 Å². The normalized spacial score (nSPS) is 10.2. The highest BCUT2D eigenvalue weighted by Gasteiger charge is 2.16. The summed E-state index contributed by atoms with van der Waals surface area (Å²) in [4.78, 5) is 26.2. The smallest absolute Gasteiger partial charge is 0.227 e. The minimum Gasteiger partial charge on any atom is -0.493 e. The van der Waals surface area contributed by atoms with Crippen LogP contribution in [0.1, 0.15) is 28.8 Å². The zero-order valence-corrected chi connectivity index (χ0v) is 15.0. The Bertz CT molecular complexity index is 770. The Morgan fingerprint density at radius 1 is 0.960 bits per heavy atom. The highest BCUT2D eigenvalue weighted by atomic mass is 16.5. The summed E-state index contributed by atoms with van der Waals surface area (Å²) in [5, 5.41) is 0. The molecule has 5 nitrogen and oxygen atoms in total. The van der Waals surface area contributed by atoms with Gasteiger partial charge in [0, 0.05) is 37.2 Å². The van der Waals surface area contributed by atoms with Crippen LogP contribution in [0.5, 0.6) is 11.5 Å². The zero-order valence-electron chi connectivity index (χ0n) is 15.0. The molecule has 0 bridgehead atoms. The van der Waals surface area contributed by atoms with Gasteiger partial charge in [-0.1, -0.05) is 24.3 Å². The standard InChI is InChI=1S/C20H23NO4/c1-14-7-5-6-8-16(14)17(22)10-12-20(23)21(2)15-9-11-18(24-3)19(13-15)25-4/h5-9,11,13H,10,12H2,1-4H3. The Kier molecular flexibility index (Phi) is 6.17. The highest BCUT2D eigenvalue weighted by molar-refractivity contribution is 6.01. The molecule has 2 aromatic rings. The number of Topliss-reactive ketones (excluding diaryl/α,β-unsaturated/α-hetero) is 1. The molecule has 2 rings (SSSR count). The van der Waals surface area contributed by atoms with E-state index in [1.165, 1.54) is 4.90 Å². The molecule has 0 fully saturated rings. The van der Waals surface area contributed by atoms with Crippen LogP contribution in [0.25, 0.3) is 0 Å². The van der Waals surface area contributed by atoms with Gasteiger partial charge >= 0.3 is 0 Å². The summed E-state index contributed by atoms with van der Waals surface area (Å²) in [5.74, 6) is 0.999. The van der Waals surface area contributed by atoms with Crippen LogP contribution < -0.4 is 14.4 Å². The molecule has 0 unspecified atom stereocenters. The van der Waals surface area contributed by atoms with E-state index < -0.39 is 0 Å². The summed E-state index contributed by atoms with van der Waals surface area (Å²) in [5.41, 5.74) is 2.28. The van der Waals surface area contributed by atoms with Crippen LogP contribution in [0.15, 0.2) is 42.5 Å². The summed E-state index contributed by atoms with van der Waals surface area (Å²) in [6, 6.07) is 12.7. The summed E-state index contributed by atoms with van der Waals surface area (Å²) < 4.78 is 10.5. The second-order valence-electron chi connectivity index (χ2n) is 5.73. The average Bonchev–Trinajstić information content (AvgIpc) is 2.64. The Morgan fingerprint density at radius 2 is 1.64 bits per heavy atom. The number of carbonyl (C=O) groups is 2. The number of carbonyl (C=O) groups excluding carboxylic acids is 2. The molecule has 0 radical (unpaired) electrons. The molecule has 0 aromatic heterocycles. The molecule has 2 aromatic carbocycles. The molecule has 0 aliphatic heterocycles. The van der Waals surface area contributed by atoms with Crippen molar-refractivity contribution in [3.05, 3.63) is 53.6 Å². The number of anilines is 1. The van der Waals surface area contributed by atoms with Gasteiger partial charge in [0.2, 0.25) is 5.91 Å².